The summed E-state index contributed by atoms with van der Waals surface area (Å²) < 4.78 is 0. The van der Waals surface area contributed by atoms with Crippen LogP contribution in [0.15, 0.2) is 22.1 Å². The molecule has 0 aromatic carbocycles. The van der Waals surface area contributed by atoms with Gasteiger partial charge >= 0.3 is 0 Å². The Morgan fingerprint density at radius 1 is 1.36 bits per heavy atom. The van der Waals surface area contributed by atoms with Crippen LogP contribution in [0.2, 0.25) is 0 Å². The van der Waals surface area contributed by atoms with Crippen LogP contribution in [0.4, 0.5) is 11.6 Å². The summed E-state index contributed by atoms with van der Waals surface area (Å²) in [7, 11) is 0. The Balaban J connectivity index is 1.60. The van der Waals surface area contributed by atoms with Gasteiger partial charge in [-0.05, 0) is 19.1 Å². The molecule has 7 nitrogen and oxygen atoms in total. The summed E-state index contributed by atoms with van der Waals surface area (Å²) in [6.07, 6.45) is 3.89. The molecule has 5 heterocycles. The first-order valence-electron chi connectivity index (χ1n) is 8.25. The molecule has 25 heavy (non-hydrogen) atoms. The van der Waals surface area contributed by atoms with E-state index in [1.165, 1.54) is 11.8 Å². The molecule has 0 spiro atoms. The number of thiazole rings is 1. The maximum absolute atomic E-state index is 12.9. The normalized spacial score (nSPS) is 23.2. The van der Waals surface area contributed by atoms with Crippen LogP contribution in [0.5, 0.6) is 0 Å². The summed E-state index contributed by atoms with van der Waals surface area (Å²) in [4.78, 5) is 30.3. The number of thioether (sulfide) groups is 1. The summed E-state index contributed by atoms with van der Waals surface area (Å²) in [5.41, 5.74) is 8.72. The maximum atomic E-state index is 12.9. The smallest absolute Gasteiger partial charge is 0.228 e. The first kappa shape index (κ1) is 16.6. The van der Waals surface area contributed by atoms with Gasteiger partial charge in [0.2, 0.25) is 5.91 Å². The number of nitrogens with two attached hydrogens (primary N) is 1. The molecule has 3 aliphatic rings. The average molecular weight is 377 g/mol. The number of aromatic nitrogens is 3. The fourth-order valence-electron chi connectivity index (χ4n) is 3.61. The monoisotopic (exact) mass is 376 g/mol. The number of hydrogen-bond acceptors (Lipinski definition) is 8. The van der Waals surface area contributed by atoms with Crippen molar-refractivity contribution in [3.05, 3.63) is 22.7 Å². The van der Waals surface area contributed by atoms with Crippen molar-refractivity contribution in [2.75, 3.05) is 30.0 Å². The molecule has 3 aliphatic heterocycles. The Morgan fingerprint density at radius 2 is 2.24 bits per heavy atom. The molecule has 2 aromatic heterocycles. The number of nitrogen functional groups attached to an aromatic ring is 1. The molecule has 0 radical (unpaired) electrons. The first-order chi connectivity index (χ1) is 12.1. The van der Waals surface area contributed by atoms with Gasteiger partial charge < -0.3 is 15.5 Å². The molecule has 1 amide bonds. The summed E-state index contributed by atoms with van der Waals surface area (Å²) in [5.74, 6) is 1.53. The van der Waals surface area contributed by atoms with Gasteiger partial charge in [0.05, 0.1) is 23.7 Å². The lowest BCUT2D eigenvalue weighted by Crippen LogP contribution is -2.47. The van der Waals surface area contributed by atoms with E-state index in [0.717, 1.165) is 30.9 Å². The highest BCUT2D eigenvalue weighted by atomic mass is 32.2. The lowest BCUT2D eigenvalue weighted by molar-refractivity contribution is -0.140. The van der Waals surface area contributed by atoms with E-state index in [2.05, 4.69) is 19.9 Å². The standard InChI is InChI=1S/C16H20N6OS2/c1-24-16-19-13(17)4-14(20-16)21-5-10-2-3-12(7-21)22(15(10)23)6-11-8-25-9-18-11/h4,8-10,12H,2-3,5-7H2,1H3,(H2,17,19,20)/t10-,12+/m1/s1. The first-order valence-corrected chi connectivity index (χ1v) is 10.4. The van der Waals surface area contributed by atoms with E-state index in [4.69, 9.17) is 5.73 Å². The highest BCUT2D eigenvalue weighted by molar-refractivity contribution is 7.98. The second kappa shape index (κ2) is 6.80. The Bertz CT molecular complexity index is 768. The topological polar surface area (TPSA) is 88.2 Å². The van der Waals surface area contributed by atoms with Crippen LogP contribution in [-0.2, 0) is 11.3 Å². The second-order valence-corrected chi connectivity index (χ2v) is 7.91. The molecule has 2 atom stereocenters. The van der Waals surface area contributed by atoms with Crippen molar-refractivity contribution in [1.82, 2.24) is 19.9 Å². The molecule has 2 aromatic rings. The predicted molar refractivity (Wildman–Crippen MR) is 99.6 cm³/mol. The van der Waals surface area contributed by atoms with Crippen LogP contribution < -0.4 is 10.6 Å². The average Bonchev–Trinajstić information content (AvgIpc) is 2.97. The number of piperidine rings is 1. The molecule has 132 valence electrons. The van der Waals surface area contributed by atoms with E-state index < -0.39 is 0 Å². The number of nitrogens with zero attached hydrogens (tertiary/aromatic N) is 5. The Labute approximate surface area is 154 Å². The van der Waals surface area contributed by atoms with Gasteiger partial charge in [0.25, 0.3) is 0 Å². The zero-order chi connectivity index (χ0) is 17.4. The summed E-state index contributed by atoms with van der Waals surface area (Å²) in [6.45, 7) is 2.06. The number of carbonyl (C=O) groups excluding carboxylic acids is 1. The van der Waals surface area contributed by atoms with E-state index in [9.17, 15) is 4.79 Å². The SMILES string of the molecule is CSc1nc(N)cc(N2C[C@H]3CC[C@@H](C2)N(Cc2cscn2)C3=O)n1. The minimum atomic E-state index is 0.00584. The highest BCUT2D eigenvalue weighted by Gasteiger charge is 2.41. The lowest BCUT2D eigenvalue weighted by Gasteiger charge is -2.35. The van der Waals surface area contributed by atoms with Gasteiger partial charge in [0, 0.05) is 30.6 Å². The van der Waals surface area contributed by atoms with E-state index in [1.54, 1.807) is 17.4 Å². The molecule has 0 saturated carbocycles. The van der Waals surface area contributed by atoms with Crippen molar-refractivity contribution in [3.63, 3.8) is 0 Å². The highest BCUT2D eigenvalue weighted by Crippen LogP contribution is 2.32. The Kier molecular flexibility index (Phi) is 4.51. The van der Waals surface area contributed by atoms with Gasteiger partial charge in [-0.15, -0.1) is 11.3 Å². The quantitative estimate of drug-likeness (QED) is 0.644. The molecule has 9 heteroatoms. The van der Waals surface area contributed by atoms with Crippen LogP contribution in [0, 0.1) is 5.92 Å². The Hall–Kier alpha value is -1.87. The summed E-state index contributed by atoms with van der Waals surface area (Å²) in [6, 6.07) is 1.99. The van der Waals surface area contributed by atoms with E-state index in [0.29, 0.717) is 24.1 Å². The number of fused-ring (bicyclic) bond motifs is 4. The molecule has 3 saturated heterocycles. The molecule has 3 fully saturated rings. The fourth-order valence-corrected chi connectivity index (χ4v) is 4.54. The molecular formula is C16H20N6OS2. The third-order valence-electron chi connectivity index (χ3n) is 4.83. The van der Waals surface area contributed by atoms with E-state index in [-0.39, 0.29) is 17.9 Å². The third kappa shape index (κ3) is 3.30. The Morgan fingerprint density at radius 3 is 3.00 bits per heavy atom. The van der Waals surface area contributed by atoms with E-state index in [1.807, 2.05) is 22.0 Å². The fraction of sp³-hybridized carbons (Fsp3) is 0.500. The number of rotatable bonds is 4. The predicted octanol–water partition coefficient (Wildman–Crippen LogP) is 1.86. The molecule has 5 rings (SSSR count). The zero-order valence-corrected chi connectivity index (χ0v) is 15.6. The molecule has 0 aliphatic carbocycles. The van der Waals surface area contributed by atoms with Crippen LogP contribution >= 0.6 is 23.1 Å². The van der Waals surface area contributed by atoms with Crippen LogP contribution in [0.1, 0.15) is 18.5 Å². The number of amides is 1. The minimum Gasteiger partial charge on any atom is -0.383 e. The number of carbonyl (C=O) groups is 1. The zero-order valence-electron chi connectivity index (χ0n) is 14.0. The third-order valence-corrected chi connectivity index (χ3v) is 6.01. The second-order valence-electron chi connectivity index (χ2n) is 6.42. The van der Waals surface area contributed by atoms with Crippen LogP contribution in [-0.4, -0.2) is 51.1 Å². The van der Waals surface area contributed by atoms with Gasteiger partial charge in [-0.3, -0.25) is 4.79 Å². The van der Waals surface area contributed by atoms with Crippen molar-refractivity contribution in [2.45, 2.75) is 30.6 Å². The molecule has 0 unspecified atom stereocenters. The minimum absolute atomic E-state index is 0.00584. The summed E-state index contributed by atoms with van der Waals surface area (Å²) in [5, 5.41) is 2.68. The van der Waals surface area contributed by atoms with Gasteiger partial charge in [0.1, 0.15) is 11.6 Å². The van der Waals surface area contributed by atoms with Crippen molar-refractivity contribution in [3.8, 4) is 0 Å². The van der Waals surface area contributed by atoms with Gasteiger partial charge in [-0.25, -0.2) is 15.0 Å². The lowest BCUT2D eigenvalue weighted by atomic mass is 9.94. The number of anilines is 2. The van der Waals surface area contributed by atoms with Crippen molar-refractivity contribution in [1.29, 1.82) is 0 Å². The van der Waals surface area contributed by atoms with Crippen LogP contribution in [0.25, 0.3) is 0 Å². The number of hydrogen-bond donors (Lipinski definition) is 1. The van der Waals surface area contributed by atoms with Crippen LogP contribution in [0.3, 0.4) is 0 Å². The van der Waals surface area contributed by atoms with Crippen molar-refractivity contribution in [2.24, 2.45) is 5.92 Å². The van der Waals surface area contributed by atoms with Gasteiger partial charge in [-0.1, -0.05) is 11.8 Å². The van der Waals surface area contributed by atoms with Crippen molar-refractivity contribution >= 4 is 40.6 Å². The van der Waals surface area contributed by atoms with Crippen molar-refractivity contribution < 1.29 is 4.79 Å². The largest absolute Gasteiger partial charge is 0.383 e. The van der Waals surface area contributed by atoms with Gasteiger partial charge in [0.15, 0.2) is 5.16 Å². The van der Waals surface area contributed by atoms with Gasteiger partial charge in [-0.2, -0.15) is 0 Å². The van der Waals surface area contributed by atoms with E-state index >= 15 is 0 Å². The molecular weight excluding hydrogens is 356 g/mol. The molecule has 2 bridgehead atoms. The molecule has 2 N–H and O–H groups in total. The maximum Gasteiger partial charge on any atom is 0.228 e. The summed E-state index contributed by atoms with van der Waals surface area (Å²) >= 11 is 3.04.